The number of likely N-dealkylation sites (tertiary alicyclic amines) is 1. The fourth-order valence-corrected chi connectivity index (χ4v) is 3.62. The van der Waals surface area contributed by atoms with Crippen molar-refractivity contribution in [2.24, 2.45) is 5.73 Å². The second-order valence-corrected chi connectivity index (χ2v) is 6.19. The van der Waals surface area contributed by atoms with Gasteiger partial charge in [-0.15, -0.1) is 0 Å². The zero-order chi connectivity index (χ0) is 15.7. The van der Waals surface area contributed by atoms with Crippen molar-refractivity contribution >= 4 is 23.2 Å². The summed E-state index contributed by atoms with van der Waals surface area (Å²) < 4.78 is 0. The van der Waals surface area contributed by atoms with Crippen molar-refractivity contribution in [1.29, 1.82) is 0 Å². The number of nitrogens with two attached hydrogens (primary N) is 1. The Balaban J connectivity index is 1.85. The Morgan fingerprint density at radius 3 is 2.68 bits per heavy atom. The van der Waals surface area contributed by atoms with Crippen LogP contribution in [-0.4, -0.2) is 39.3 Å². The molecule has 0 aliphatic carbocycles. The molecule has 1 aliphatic heterocycles. The lowest BCUT2D eigenvalue weighted by molar-refractivity contribution is 0.0733. The predicted molar refractivity (Wildman–Crippen MR) is 82.7 cm³/mol. The first-order chi connectivity index (χ1) is 10.6. The van der Waals surface area contributed by atoms with Crippen molar-refractivity contribution in [1.82, 2.24) is 14.9 Å². The summed E-state index contributed by atoms with van der Waals surface area (Å²) >= 11 is 1.65. The van der Waals surface area contributed by atoms with Gasteiger partial charge < -0.3 is 10.6 Å². The number of hydrogen-bond donors (Lipinski definition) is 1. The van der Waals surface area contributed by atoms with Crippen molar-refractivity contribution in [3.05, 3.63) is 46.2 Å². The molecule has 2 atom stereocenters. The van der Waals surface area contributed by atoms with Crippen molar-refractivity contribution < 1.29 is 9.59 Å². The number of amides is 2. The Bertz CT molecular complexity index is 701. The molecule has 2 N–H and O–H groups in total. The molecule has 0 radical (unpaired) electrons. The molecule has 2 aromatic rings. The molecule has 1 saturated heterocycles. The highest BCUT2D eigenvalue weighted by Crippen LogP contribution is 2.33. The van der Waals surface area contributed by atoms with Crippen molar-refractivity contribution in [3.63, 3.8) is 0 Å². The van der Waals surface area contributed by atoms with Gasteiger partial charge in [0.25, 0.3) is 11.8 Å². The average Bonchev–Trinajstić information content (AvgIpc) is 3.15. The molecule has 2 aromatic heterocycles. The maximum atomic E-state index is 12.7. The van der Waals surface area contributed by atoms with Crippen LogP contribution in [0.1, 0.15) is 45.8 Å². The van der Waals surface area contributed by atoms with Crippen LogP contribution in [0, 0.1) is 0 Å². The Morgan fingerprint density at radius 2 is 2.05 bits per heavy atom. The third-order valence-electron chi connectivity index (χ3n) is 3.98. The highest BCUT2D eigenvalue weighted by molar-refractivity contribution is 7.08. The topological polar surface area (TPSA) is 89.2 Å². The summed E-state index contributed by atoms with van der Waals surface area (Å²) in [5.74, 6) is -0.705. The van der Waals surface area contributed by atoms with E-state index in [0.717, 1.165) is 6.42 Å². The molecule has 0 spiro atoms. The summed E-state index contributed by atoms with van der Waals surface area (Å²) in [6.07, 6.45) is 3.66. The van der Waals surface area contributed by atoms with Crippen LogP contribution in [0.5, 0.6) is 0 Å². The largest absolute Gasteiger partial charge is 0.364 e. The average molecular weight is 316 g/mol. The number of aromatic nitrogens is 2. The molecule has 114 valence electrons. The van der Waals surface area contributed by atoms with Crippen LogP contribution in [0.4, 0.5) is 0 Å². The Hall–Kier alpha value is -2.28. The standard InChI is InChI=1S/C15H16N4O2S/c1-9-6-11(10-2-5-22-8-10)7-19(9)15(21)13-12(14(16)20)17-3-4-18-13/h2-5,8-9,11H,6-7H2,1H3,(H2,16,20)/t9-,11+/m0/s1. The minimum absolute atomic E-state index is 0.0350. The minimum Gasteiger partial charge on any atom is -0.364 e. The third kappa shape index (κ3) is 2.59. The van der Waals surface area contributed by atoms with Gasteiger partial charge in [0, 0.05) is 30.9 Å². The second-order valence-electron chi connectivity index (χ2n) is 5.41. The van der Waals surface area contributed by atoms with E-state index in [1.54, 1.807) is 16.2 Å². The molecular weight excluding hydrogens is 300 g/mol. The van der Waals surface area contributed by atoms with E-state index in [-0.39, 0.29) is 23.3 Å². The Kier molecular flexibility index (Phi) is 3.89. The zero-order valence-electron chi connectivity index (χ0n) is 12.1. The molecule has 1 fully saturated rings. The van der Waals surface area contributed by atoms with Crippen LogP contribution in [0.25, 0.3) is 0 Å². The molecule has 3 heterocycles. The SMILES string of the molecule is C[C@H]1C[C@@H](c2ccsc2)CN1C(=O)c1nccnc1C(N)=O. The molecule has 1 aliphatic rings. The number of primary amides is 1. The fourth-order valence-electron chi connectivity index (χ4n) is 2.87. The van der Waals surface area contributed by atoms with Gasteiger partial charge in [0.2, 0.25) is 0 Å². The van der Waals surface area contributed by atoms with E-state index in [4.69, 9.17) is 5.73 Å². The number of rotatable bonds is 3. The summed E-state index contributed by atoms with van der Waals surface area (Å²) in [5, 5.41) is 4.15. The molecule has 22 heavy (non-hydrogen) atoms. The summed E-state index contributed by atoms with van der Waals surface area (Å²) in [5.41, 5.74) is 6.50. The smallest absolute Gasteiger partial charge is 0.275 e. The van der Waals surface area contributed by atoms with Crippen LogP contribution in [0.2, 0.25) is 0 Å². The molecule has 0 aromatic carbocycles. The third-order valence-corrected chi connectivity index (χ3v) is 4.69. The molecule has 0 unspecified atom stereocenters. The van der Waals surface area contributed by atoms with E-state index in [9.17, 15) is 9.59 Å². The van der Waals surface area contributed by atoms with Crippen LogP contribution in [0.3, 0.4) is 0 Å². The second kappa shape index (κ2) is 5.84. The maximum absolute atomic E-state index is 12.7. The fraction of sp³-hybridized carbons (Fsp3) is 0.333. The lowest BCUT2D eigenvalue weighted by Gasteiger charge is -2.21. The summed E-state index contributed by atoms with van der Waals surface area (Å²) in [4.78, 5) is 33.8. The number of hydrogen-bond acceptors (Lipinski definition) is 5. The molecule has 0 bridgehead atoms. The monoisotopic (exact) mass is 316 g/mol. The Morgan fingerprint density at radius 1 is 1.32 bits per heavy atom. The van der Waals surface area contributed by atoms with E-state index >= 15 is 0 Å². The highest BCUT2D eigenvalue weighted by atomic mass is 32.1. The van der Waals surface area contributed by atoms with Gasteiger partial charge in [-0.1, -0.05) is 0 Å². The van der Waals surface area contributed by atoms with Gasteiger partial charge in [-0.05, 0) is 35.7 Å². The lowest BCUT2D eigenvalue weighted by Crippen LogP contribution is -2.36. The van der Waals surface area contributed by atoms with Crippen molar-refractivity contribution in [3.8, 4) is 0 Å². The predicted octanol–water partition coefficient (Wildman–Crippen LogP) is 1.66. The number of nitrogens with zero attached hydrogens (tertiary/aromatic N) is 3. The van der Waals surface area contributed by atoms with E-state index in [1.807, 2.05) is 12.3 Å². The van der Waals surface area contributed by atoms with Gasteiger partial charge in [-0.3, -0.25) is 9.59 Å². The lowest BCUT2D eigenvalue weighted by atomic mass is 10.00. The maximum Gasteiger partial charge on any atom is 0.275 e. The van der Waals surface area contributed by atoms with Crippen LogP contribution >= 0.6 is 11.3 Å². The minimum atomic E-state index is -0.738. The van der Waals surface area contributed by atoms with E-state index in [1.165, 1.54) is 18.0 Å². The van der Waals surface area contributed by atoms with Crippen LogP contribution in [0.15, 0.2) is 29.2 Å². The number of carbonyl (C=O) groups excluding carboxylic acids is 2. The quantitative estimate of drug-likeness (QED) is 0.932. The first-order valence-electron chi connectivity index (χ1n) is 7.01. The van der Waals surface area contributed by atoms with Gasteiger partial charge >= 0.3 is 0 Å². The summed E-state index contributed by atoms with van der Waals surface area (Å²) in [6, 6.07) is 2.17. The molecular formula is C15H16N4O2S. The van der Waals surface area contributed by atoms with E-state index in [2.05, 4.69) is 21.4 Å². The van der Waals surface area contributed by atoms with Crippen molar-refractivity contribution in [2.75, 3.05) is 6.54 Å². The normalized spacial score (nSPS) is 21.0. The first-order valence-corrected chi connectivity index (χ1v) is 7.96. The molecule has 0 saturated carbocycles. The zero-order valence-corrected chi connectivity index (χ0v) is 12.9. The summed E-state index contributed by atoms with van der Waals surface area (Å²) in [7, 11) is 0. The summed E-state index contributed by atoms with van der Waals surface area (Å²) in [6.45, 7) is 2.62. The molecule has 3 rings (SSSR count). The number of carbonyl (C=O) groups is 2. The van der Waals surface area contributed by atoms with Gasteiger partial charge in [0.1, 0.15) is 0 Å². The van der Waals surface area contributed by atoms with Gasteiger partial charge in [0.05, 0.1) is 0 Å². The molecule has 6 nitrogen and oxygen atoms in total. The molecule has 7 heteroatoms. The first kappa shape index (κ1) is 14.6. The van der Waals surface area contributed by atoms with Crippen LogP contribution < -0.4 is 5.73 Å². The Labute approximate surface area is 132 Å². The van der Waals surface area contributed by atoms with Crippen LogP contribution in [-0.2, 0) is 0 Å². The van der Waals surface area contributed by atoms with Gasteiger partial charge in [0.15, 0.2) is 11.4 Å². The number of thiophene rings is 1. The van der Waals surface area contributed by atoms with E-state index < -0.39 is 5.91 Å². The van der Waals surface area contributed by atoms with Crippen molar-refractivity contribution in [2.45, 2.75) is 25.3 Å². The molecule has 2 amide bonds. The van der Waals surface area contributed by atoms with Gasteiger partial charge in [-0.2, -0.15) is 11.3 Å². The van der Waals surface area contributed by atoms with E-state index in [0.29, 0.717) is 12.5 Å². The van der Waals surface area contributed by atoms with Gasteiger partial charge in [-0.25, -0.2) is 9.97 Å². The highest BCUT2D eigenvalue weighted by Gasteiger charge is 2.35.